The first-order valence-electron chi connectivity index (χ1n) is 6.63. The predicted molar refractivity (Wildman–Crippen MR) is 77.4 cm³/mol. The molecular formula is C14H19N3O3. The zero-order valence-electron chi connectivity index (χ0n) is 11.7. The molecule has 0 aliphatic carbocycles. The van der Waals surface area contributed by atoms with Crippen molar-refractivity contribution in [2.24, 2.45) is 5.92 Å². The van der Waals surface area contributed by atoms with E-state index in [1.807, 2.05) is 0 Å². The fourth-order valence-corrected chi connectivity index (χ4v) is 1.93. The van der Waals surface area contributed by atoms with Crippen LogP contribution in [0.3, 0.4) is 0 Å². The average Bonchev–Trinajstić information content (AvgIpc) is 2.64. The van der Waals surface area contributed by atoms with Crippen molar-refractivity contribution < 1.29 is 9.21 Å². The number of carbonyl (C=O) groups is 1. The Kier molecular flexibility index (Phi) is 4.12. The smallest absolute Gasteiger partial charge is 0.408 e. The van der Waals surface area contributed by atoms with E-state index in [-0.39, 0.29) is 12.5 Å². The number of oxazole rings is 1. The summed E-state index contributed by atoms with van der Waals surface area (Å²) in [7, 11) is 0. The molecule has 2 rings (SSSR count). The van der Waals surface area contributed by atoms with Gasteiger partial charge in [0.1, 0.15) is 6.54 Å². The van der Waals surface area contributed by atoms with E-state index in [1.54, 1.807) is 18.2 Å². The lowest BCUT2D eigenvalue weighted by atomic mass is 10.1. The Bertz CT molecular complexity index is 670. The Labute approximate surface area is 116 Å². The van der Waals surface area contributed by atoms with Crippen LogP contribution in [0.4, 0.5) is 5.69 Å². The summed E-state index contributed by atoms with van der Waals surface area (Å²) in [5, 5.41) is 2.79. The maximum atomic E-state index is 11.8. The molecule has 2 aromatic rings. The highest BCUT2D eigenvalue weighted by molar-refractivity contribution is 5.81. The number of nitrogens with one attached hydrogen (secondary N) is 1. The number of benzene rings is 1. The van der Waals surface area contributed by atoms with Crippen molar-refractivity contribution in [3.8, 4) is 0 Å². The van der Waals surface area contributed by atoms with Crippen LogP contribution in [0.25, 0.3) is 11.1 Å². The molecule has 0 atom stereocenters. The first kappa shape index (κ1) is 14.2. The molecule has 1 aromatic heterocycles. The second kappa shape index (κ2) is 5.81. The second-order valence-electron chi connectivity index (χ2n) is 5.21. The van der Waals surface area contributed by atoms with Gasteiger partial charge in [0.2, 0.25) is 5.91 Å². The Hall–Kier alpha value is -2.24. The highest BCUT2D eigenvalue weighted by atomic mass is 16.4. The first-order valence-corrected chi connectivity index (χ1v) is 6.63. The molecule has 0 unspecified atom stereocenters. The zero-order chi connectivity index (χ0) is 14.7. The lowest BCUT2D eigenvalue weighted by Gasteiger charge is -2.07. The largest absolute Gasteiger partial charge is 0.420 e. The van der Waals surface area contributed by atoms with Crippen LogP contribution in [0.1, 0.15) is 20.3 Å². The molecule has 0 fully saturated rings. The highest BCUT2D eigenvalue weighted by Crippen LogP contribution is 2.16. The number of nitrogens with two attached hydrogens (primary N) is 1. The van der Waals surface area contributed by atoms with E-state index in [1.165, 1.54) is 4.57 Å². The van der Waals surface area contributed by atoms with Gasteiger partial charge >= 0.3 is 5.76 Å². The van der Waals surface area contributed by atoms with Crippen LogP contribution in [0.15, 0.2) is 27.4 Å². The van der Waals surface area contributed by atoms with E-state index in [4.69, 9.17) is 10.2 Å². The molecule has 1 aromatic carbocycles. The van der Waals surface area contributed by atoms with Crippen LogP contribution in [0.2, 0.25) is 0 Å². The van der Waals surface area contributed by atoms with Gasteiger partial charge in [0, 0.05) is 18.3 Å². The van der Waals surface area contributed by atoms with Crippen LogP contribution >= 0.6 is 0 Å². The quantitative estimate of drug-likeness (QED) is 0.807. The van der Waals surface area contributed by atoms with Crippen molar-refractivity contribution in [2.45, 2.75) is 26.8 Å². The molecule has 1 heterocycles. The summed E-state index contributed by atoms with van der Waals surface area (Å²) >= 11 is 0. The third-order valence-electron chi connectivity index (χ3n) is 3.04. The fourth-order valence-electron chi connectivity index (χ4n) is 1.93. The number of fused-ring (bicyclic) bond motifs is 1. The van der Waals surface area contributed by atoms with Crippen LogP contribution in [0, 0.1) is 5.92 Å². The summed E-state index contributed by atoms with van der Waals surface area (Å²) in [5.41, 5.74) is 7.11. The van der Waals surface area contributed by atoms with Gasteiger partial charge in [-0.2, -0.15) is 0 Å². The van der Waals surface area contributed by atoms with Gasteiger partial charge in [-0.25, -0.2) is 4.79 Å². The highest BCUT2D eigenvalue weighted by Gasteiger charge is 2.12. The third-order valence-corrected chi connectivity index (χ3v) is 3.04. The molecule has 6 heteroatoms. The normalized spacial score (nSPS) is 11.2. The lowest BCUT2D eigenvalue weighted by molar-refractivity contribution is -0.121. The first-order chi connectivity index (χ1) is 9.47. The standard InChI is InChI=1S/C14H19N3O3/c1-9(2)5-6-16-13(18)8-17-11-4-3-10(15)7-12(11)20-14(17)19/h3-4,7,9H,5-6,8,15H2,1-2H3,(H,16,18). The Morgan fingerprint density at radius 2 is 2.20 bits per heavy atom. The molecule has 0 spiro atoms. The van der Waals surface area contributed by atoms with Crippen molar-refractivity contribution in [1.29, 1.82) is 0 Å². The predicted octanol–water partition coefficient (Wildman–Crippen LogP) is 1.34. The number of aromatic nitrogens is 1. The van der Waals surface area contributed by atoms with Crippen LogP contribution in [0.5, 0.6) is 0 Å². The summed E-state index contributed by atoms with van der Waals surface area (Å²) in [4.78, 5) is 23.6. The van der Waals surface area contributed by atoms with E-state index in [0.29, 0.717) is 29.2 Å². The Balaban J connectivity index is 2.11. The number of carbonyl (C=O) groups excluding carboxylic acids is 1. The van der Waals surface area contributed by atoms with Gasteiger partial charge in [-0.1, -0.05) is 13.8 Å². The van der Waals surface area contributed by atoms with Crippen LogP contribution in [-0.4, -0.2) is 17.0 Å². The molecule has 0 bridgehead atoms. The molecule has 3 N–H and O–H groups in total. The summed E-state index contributed by atoms with van der Waals surface area (Å²) in [5.74, 6) is -0.229. The molecule has 0 saturated carbocycles. The average molecular weight is 277 g/mol. The van der Waals surface area contributed by atoms with E-state index in [0.717, 1.165) is 6.42 Å². The second-order valence-corrected chi connectivity index (χ2v) is 5.21. The third kappa shape index (κ3) is 3.20. The monoisotopic (exact) mass is 277 g/mol. The van der Waals surface area contributed by atoms with E-state index >= 15 is 0 Å². The zero-order valence-corrected chi connectivity index (χ0v) is 11.7. The van der Waals surface area contributed by atoms with Crippen molar-refractivity contribution in [1.82, 2.24) is 9.88 Å². The number of nitrogens with zero attached hydrogens (tertiary/aromatic N) is 1. The van der Waals surface area contributed by atoms with Crippen LogP contribution in [-0.2, 0) is 11.3 Å². The molecule has 0 aliphatic rings. The molecule has 108 valence electrons. The summed E-state index contributed by atoms with van der Waals surface area (Å²) in [6.07, 6.45) is 0.906. The van der Waals surface area contributed by atoms with Gasteiger partial charge in [-0.15, -0.1) is 0 Å². The topological polar surface area (TPSA) is 90.3 Å². The van der Waals surface area contributed by atoms with Gasteiger partial charge in [-0.05, 0) is 24.5 Å². The van der Waals surface area contributed by atoms with Gasteiger partial charge in [-0.3, -0.25) is 9.36 Å². The molecule has 20 heavy (non-hydrogen) atoms. The van der Waals surface area contributed by atoms with Gasteiger partial charge in [0.15, 0.2) is 5.58 Å². The molecule has 0 aliphatic heterocycles. The van der Waals surface area contributed by atoms with Crippen molar-refractivity contribution in [3.05, 3.63) is 28.7 Å². The maximum Gasteiger partial charge on any atom is 0.420 e. The fraction of sp³-hybridized carbons (Fsp3) is 0.429. The number of amides is 1. The van der Waals surface area contributed by atoms with Crippen LogP contribution < -0.4 is 16.8 Å². The minimum Gasteiger partial charge on any atom is -0.408 e. The number of hydrogen-bond donors (Lipinski definition) is 2. The van der Waals surface area contributed by atoms with E-state index < -0.39 is 5.76 Å². The minimum absolute atomic E-state index is 0.0478. The molecule has 0 radical (unpaired) electrons. The number of hydrogen-bond acceptors (Lipinski definition) is 4. The summed E-state index contributed by atoms with van der Waals surface area (Å²) in [6.45, 7) is 4.73. The maximum absolute atomic E-state index is 11.8. The summed E-state index contributed by atoms with van der Waals surface area (Å²) < 4.78 is 6.38. The molecule has 6 nitrogen and oxygen atoms in total. The van der Waals surface area contributed by atoms with Gasteiger partial charge < -0.3 is 15.5 Å². The summed E-state index contributed by atoms with van der Waals surface area (Å²) in [6, 6.07) is 4.92. The van der Waals surface area contributed by atoms with Gasteiger partial charge in [0.05, 0.1) is 5.52 Å². The molecular weight excluding hydrogens is 258 g/mol. The van der Waals surface area contributed by atoms with Crippen molar-refractivity contribution in [3.63, 3.8) is 0 Å². The Morgan fingerprint density at radius 1 is 1.45 bits per heavy atom. The van der Waals surface area contributed by atoms with Crippen molar-refractivity contribution >= 4 is 22.7 Å². The van der Waals surface area contributed by atoms with Gasteiger partial charge in [0.25, 0.3) is 0 Å². The lowest BCUT2D eigenvalue weighted by Crippen LogP contribution is -2.31. The van der Waals surface area contributed by atoms with E-state index in [2.05, 4.69) is 19.2 Å². The number of rotatable bonds is 5. The Morgan fingerprint density at radius 3 is 2.90 bits per heavy atom. The van der Waals surface area contributed by atoms with Crippen molar-refractivity contribution in [2.75, 3.05) is 12.3 Å². The molecule has 1 amide bonds. The van der Waals surface area contributed by atoms with E-state index in [9.17, 15) is 9.59 Å². The number of anilines is 1. The minimum atomic E-state index is -0.551. The molecule has 0 saturated heterocycles. The number of nitrogen functional groups attached to an aromatic ring is 1. The SMILES string of the molecule is CC(C)CCNC(=O)Cn1c(=O)oc2cc(N)ccc21.